The first-order valence-corrected chi connectivity index (χ1v) is 9.49. The molecule has 1 atom stereocenters. The smallest absolute Gasteiger partial charge is 0.158 e. The van der Waals surface area contributed by atoms with Crippen LogP contribution in [0.15, 0.2) is 29.6 Å². The van der Waals surface area contributed by atoms with Crippen molar-refractivity contribution in [3.8, 4) is 11.9 Å². The maximum absolute atomic E-state index is 9.76. The Morgan fingerprint density at radius 2 is 2.08 bits per heavy atom. The highest BCUT2D eigenvalue weighted by atomic mass is 32.2. The number of nitrogens with zero attached hydrogens (tertiary/aromatic N) is 6. The van der Waals surface area contributed by atoms with Crippen LogP contribution in [0, 0.1) is 23.7 Å². The molecule has 1 spiro atoms. The molecule has 0 aromatic carbocycles. The van der Waals surface area contributed by atoms with E-state index in [9.17, 15) is 5.26 Å². The monoisotopic (exact) mass is 348 g/mol. The molecule has 0 amide bonds. The van der Waals surface area contributed by atoms with E-state index < -0.39 is 5.41 Å². The van der Waals surface area contributed by atoms with Gasteiger partial charge in [0.25, 0.3) is 0 Å². The lowest BCUT2D eigenvalue weighted by atomic mass is 9.98. The van der Waals surface area contributed by atoms with Gasteiger partial charge in [-0.05, 0) is 43.9 Å². The van der Waals surface area contributed by atoms with Crippen molar-refractivity contribution in [1.82, 2.24) is 24.7 Å². The normalized spacial score (nSPS) is 22.9. The summed E-state index contributed by atoms with van der Waals surface area (Å²) >= 11 is 1.58. The number of thioether (sulfide) groups is 1. The molecule has 5 rings (SSSR count). The summed E-state index contributed by atoms with van der Waals surface area (Å²) in [6.45, 7) is 1.88. The Morgan fingerprint density at radius 1 is 1.24 bits per heavy atom. The highest BCUT2D eigenvalue weighted by molar-refractivity contribution is 7.98. The maximum atomic E-state index is 9.76. The minimum absolute atomic E-state index is 0.199. The van der Waals surface area contributed by atoms with Gasteiger partial charge >= 0.3 is 0 Å². The standard InChI is InChI=1S/C18H16N6S/c1-11-22-15(6-16(23-11)25-2)24-13-5-14(20-7-12(13)8-21-24)18(10-19)9-17(18)3-4-17/h5-8H,3-4,9H2,1-2H3/t18-/m1/s1. The highest BCUT2D eigenvalue weighted by Gasteiger charge is 2.76. The molecule has 2 fully saturated rings. The number of pyridine rings is 1. The molecule has 2 aliphatic rings. The molecular formula is C18H16N6S. The molecule has 2 saturated carbocycles. The maximum Gasteiger partial charge on any atom is 0.158 e. The summed E-state index contributed by atoms with van der Waals surface area (Å²) in [6.07, 6.45) is 8.83. The largest absolute Gasteiger partial charge is 0.259 e. The SMILES string of the molecule is CSc1cc(-n2ncc3cnc([C@]4(C#N)CC45CC5)cc32)nc(C)n1. The van der Waals surface area contributed by atoms with Gasteiger partial charge in [0.05, 0.1) is 23.5 Å². The third-order valence-electron chi connectivity index (χ3n) is 5.55. The number of rotatable bonds is 3. The van der Waals surface area contributed by atoms with E-state index in [1.807, 2.05) is 36.2 Å². The molecule has 3 aromatic heterocycles. The molecular weight excluding hydrogens is 332 g/mol. The van der Waals surface area contributed by atoms with E-state index in [1.165, 1.54) is 0 Å². The number of hydrogen-bond acceptors (Lipinski definition) is 6. The van der Waals surface area contributed by atoms with E-state index in [0.717, 1.165) is 46.7 Å². The highest BCUT2D eigenvalue weighted by Crippen LogP contribution is 2.78. The fourth-order valence-corrected chi connectivity index (χ4v) is 4.32. The topological polar surface area (TPSA) is 80.3 Å². The molecule has 3 aromatic rings. The van der Waals surface area contributed by atoms with Crippen molar-refractivity contribution in [3.63, 3.8) is 0 Å². The summed E-state index contributed by atoms with van der Waals surface area (Å²) in [4.78, 5) is 13.5. The van der Waals surface area contributed by atoms with Gasteiger partial charge in [-0.1, -0.05) is 0 Å². The molecule has 0 saturated heterocycles. The van der Waals surface area contributed by atoms with Crippen LogP contribution < -0.4 is 0 Å². The molecule has 0 bridgehead atoms. The molecule has 7 heteroatoms. The second kappa shape index (κ2) is 4.79. The van der Waals surface area contributed by atoms with E-state index in [0.29, 0.717) is 5.82 Å². The third kappa shape index (κ3) is 1.97. The summed E-state index contributed by atoms with van der Waals surface area (Å²) in [5, 5.41) is 16.1. The zero-order chi connectivity index (χ0) is 17.2. The van der Waals surface area contributed by atoms with Gasteiger partial charge in [-0.15, -0.1) is 11.8 Å². The number of nitriles is 1. The molecule has 6 nitrogen and oxygen atoms in total. The Labute approximate surface area is 149 Å². The Kier molecular flexibility index (Phi) is 2.85. The molecule has 0 radical (unpaired) electrons. The van der Waals surface area contributed by atoms with Crippen molar-refractivity contribution in [2.24, 2.45) is 5.41 Å². The van der Waals surface area contributed by atoms with Gasteiger partial charge in [-0.3, -0.25) is 4.98 Å². The average Bonchev–Trinajstić information content (AvgIpc) is 3.50. The molecule has 3 heterocycles. The Morgan fingerprint density at radius 3 is 2.76 bits per heavy atom. The fourth-order valence-electron chi connectivity index (χ4n) is 3.87. The van der Waals surface area contributed by atoms with Crippen molar-refractivity contribution >= 4 is 22.7 Å². The van der Waals surface area contributed by atoms with Crippen LogP contribution in [0.2, 0.25) is 0 Å². The Bertz CT molecular complexity index is 1060. The van der Waals surface area contributed by atoms with Gasteiger partial charge in [0, 0.05) is 17.6 Å². The van der Waals surface area contributed by atoms with Gasteiger partial charge in [0.15, 0.2) is 5.82 Å². The minimum atomic E-state index is -0.400. The summed E-state index contributed by atoms with van der Waals surface area (Å²) < 4.78 is 1.82. The summed E-state index contributed by atoms with van der Waals surface area (Å²) in [5.74, 6) is 1.46. The van der Waals surface area contributed by atoms with Crippen LogP contribution in [0.5, 0.6) is 0 Å². The summed E-state index contributed by atoms with van der Waals surface area (Å²) in [7, 11) is 0. The first kappa shape index (κ1) is 14.8. The van der Waals surface area contributed by atoms with Crippen molar-refractivity contribution in [2.75, 3.05) is 6.26 Å². The van der Waals surface area contributed by atoms with Crippen molar-refractivity contribution in [3.05, 3.63) is 36.0 Å². The van der Waals surface area contributed by atoms with Gasteiger partial charge < -0.3 is 0 Å². The zero-order valence-electron chi connectivity index (χ0n) is 14.0. The van der Waals surface area contributed by atoms with Crippen LogP contribution in [0.1, 0.15) is 30.8 Å². The first-order chi connectivity index (χ1) is 12.1. The minimum Gasteiger partial charge on any atom is -0.259 e. The van der Waals surface area contributed by atoms with Crippen LogP contribution in [0.4, 0.5) is 0 Å². The Hall–Kier alpha value is -2.46. The van der Waals surface area contributed by atoms with E-state index in [-0.39, 0.29) is 5.41 Å². The second-order valence-electron chi connectivity index (χ2n) is 6.97. The van der Waals surface area contributed by atoms with Gasteiger partial charge in [0.2, 0.25) is 0 Å². The molecule has 0 aliphatic heterocycles. The lowest BCUT2D eigenvalue weighted by molar-refractivity contribution is 0.715. The van der Waals surface area contributed by atoms with E-state index in [4.69, 9.17) is 0 Å². The number of fused-ring (bicyclic) bond motifs is 1. The lowest BCUT2D eigenvalue weighted by Gasteiger charge is -2.09. The lowest BCUT2D eigenvalue weighted by Crippen LogP contribution is -2.10. The molecule has 124 valence electrons. The van der Waals surface area contributed by atoms with Crippen LogP contribution in [-0.4, -0.2) is 31.0 Å². The van der Waals surface area contributed by atoms with Crippen molar-refractivity contribution in [2.45, 2.75) is 36.6 Å². The van der Waals surface area contributed by atoms with Crippen LogP contribution in [0.3, 0.4) is 0 Å². The zero-order valence-corrected chi connectivity index (χ0v) is 14.8. The predicted molar refractivity (Wildman–Crippen MR) is 94.5 cm³/mol. The molecule has 25 heavy (non-hydrogen) atoms. The summed E-state index contributed by atoms with van der Waals surface area (Å²) in [6, 6.07) is 6.50. The number of hydrogen-bond donors (Lipinski definition) is 0. The van der Waals surface area contributed by atoms with Crippen LogP contribution >= 0.6 is 11.8 Å². The quantitative estimate of drug-likeness (QED) is 0.534. The van der Waals surface area contributed by atoms with E-state index in [1.54, 1.807) is 18.0 Å². The average molecular weight is 348 g/mol. The third-order valence-corrected chi connectivity index (χ3v) is 6.17. The van der Waals surface area contributed by atoms with Crippen molar-refractivity contribution in [1.29, 1.82) is 5.26 Å². The number of aryl methyl sites for hydroxylation is 1. The van der Waals surface area contributed by atoms with Gasteiger partial charge in [0.1, 0.15) is 16.3 Å². The summed E-state index contributed by atoms with van der Waals surface area (Å²) in [5.41, 5.74) is 1.61. The fraction of sp³-hybridized carbons (Fsp3) is 0.389. The van der Waals surface area contributed by atoms with Crippen LogP contribution in [0.25, 0.3) is 16.7 Å². The second-order valence-corrected chi connectivity index (χ2v) is 7.80. The van der Waals surface area contributed by atoms with Crippen LogP contribution in [-0.2, 0) is 5.41 Å². The number of aromatic nitrogens is 5. The Balaban J connectivity index is 1.67. The molecule has 0 N–H and O–H groups in total. The van der Waals surface area contributed by atoms with Gasteiger partial charge in [-0.2, -0.15) is 10.4 Å². The first-order valence-electron chi connectivity index (χ1n) is 8.26. The van der Waals surface area contributed by atoms with E-state index >= 15 is 0 Å². The molecule has 0 unspecified atom stereocenters. The van der Waals surface area contributed by atoms with E-state index in [2.05, 4.69) is 26.1 Å². The molecule has 2 aliphatic carbocycles. The predicted octanol–water partition coefficient (Wildman–Crippen LogP) is 3.19. The van der Waals surface area contributed by atoms with Gasteiger partial charge in [-0.25, -0.2) is 14.6 Å². The van der Waals surface area contributed by atoms with Crippen molar-refractivity contribution < 1.29 is 0 Å².